The van der Waals surface area contributed by atoms with E-state index in [1.165, 1.54) is 13.1 Å². The van der Waals surface area contributed by atoms with Crippen LogP contribution in [0.1, 0.15) is 17.3 Å². The van der Waals surface area contributed by atoms with E-state index in [4.69, 9.17) is 0 Å². The molecule has 110 valence electrons. The summed E-state index contributed by atoms with van der Waals surface area (Å²) in [5.41, 5.74) is 1.83. The van der Waals surface area contributed by atoms with Crippen molar-refractivity contribution in [2.45, 2.75) is 6.92 Å². The van der Waals surface area contributed by atoms with Gasteiger partial charge in [-0.3, -0.25) is 9.52 Å². The third-order valence-electron chi connectivity index (χ3n) is 2.63. The molecule has 2 N–H and O–H groups in total. The second kappa shape index (κ2) is 5.92. The second-order valence-corrected chi connectivity index (χ2v) is 6.31. The first kappa shape index (κ1) is 15.0. The SMILES string of the molecule is CC(=O)c1ccc(Nc2ccc(NS(C)(=O)=O)cn2)cc1. The zero-order chi connectivity index (χ0) is 15.5. The lowest BCUT2D eigenvalue weighted by Gasteiger charge is -2.07. The van der Waals surface area contributed by atoms with Crippen molar-refractivity contribution in [1.29, 1.82) is 0 Å². The fourth-order valence-corrected chi connectivity index (χ4v) is 2.23. The summed E-state index contributed by atoms with van der Waals surface area (Å²) in [6.45, 7) is 1.51. The smallest absolute Gasteiger partial charge is 0.229 e. The maximum Gasteiger partial charge on any atom is 0.229 e. The molecule has 0 aliphatic rings. The highest BCUT2D eigenvalue weighted by atomic mass is 32.2. The number of ketones is 1. The van der Waals surface area contributed by atoms with Gasteiger partial charge >= 0.3 is 0 Å². The third kappa shape index (κ3) is 4.57. The van der Waals surface area contributed by atoms with Crippen LogP contribution in [0.5, 0.6) is 0 Å². The van der Waals surface area contributed by atoms with Crippen LogP contribution >= 0.6 is 0 Å². The summed E-state index contributed by atoms with van der Waals surface area (Å²) in [6.07, 6.45) is 2.50. The summed E-state index contributed by atoms with van der Waals surface area (Å²) in [4.78, 5) is 15.3. The van der Waals surface area contributed by atoms with Gasteiger partial charge in [-0.15, -0.1) is 0 Å². The highest BCUT2D eigenvalue weighted by molar-refractivity contribution is 7.92. The minimum absolute atomic E-state index is 0.0101. The molecule has 2 rings (SSSR count). The molecule has 0 atom stereocenters. The topological polar surface area (TPSA) is 88.2 Å². The number of pyridine rings is 1. The summed E-state index contributed by atoms with van der Waals surface area (Å²) in [6, 6.07) is 10.3. The van der Waals surface area contributed by atoms with Crippen molar-refractivity contribution in [1.82, 2.24) is 4.98 Å². The zero-order valence-corrected chi connectivity index (χ0v) is 12.4. The summed E-state index contributed by atoms with van der Waals surface area (Å²) in [5, 5.41) is 3.06. The van der Waals surface area contributed by atoms with Gasteiger partial charge < -0.3 is 5.32 Å². The van der Waals surface area contributed by atoms with Gasteiger partial charge in [0.15, 0.2) is 5.78 Å². The first-order valence-electron chi connectivity index (χ1n) is 6.15. The summed E-state index contributed by atoms with van der Waals surface area (Å²) < 4.78 is 24.5. The van der Waals surface area contributed by atoms with E-state index in [9.17, 15) is 13.2 Å². The van der Waals surface area contributed by atoms with Crippen molar-refractivity contribution >= 4 is 33.0 Å². The Morgan fingerprint density at radius 2 is 1.67 bits per heavy atom. The van der Waals surface area contributed by atoms with Crippen molar-refractivity contribution in [3.8, 4) is 0 Å². The number of aromatic nitrogens is 1. The molecular weight excluding hydrogens is 290 g/mol. The van der Waals surface area contributed by atoms with Crippen LogP contribution in [0.15, 0.2) is 42.6 Å². The second-order valence-electron chi connectivity index (χ2n) is 4.56. The van der Waals surface area contributed by atoms with Crippen molar-refractivity contribution in [2.75, 3.05) is 16.3 Å². The predicted octanol–water partition coefficient (Wildman–Crippen LogP) is 2.40. The fourth-order valence-electron chi connectivity index (χ4n) is 1.68. The molecule has 0 saturated heterocycles. The molecule has 0 amide bonds. The van der Waals surface area contributed by atoms with Gasteiger partial charge in [0.05, 0.1) is 18.1 Å². The fraction of sp³-hybridized carbons (Fsp3) is 0.143. The Balaban J connectivity index is 2.08. The Labute approximate surface area is 123 Å². The average molecular weight is 305 g/mol. The third-order valence-corrected chi connectivity index (χ3v) is 3.24. The van der Waals surface area contributed by atoms with Crippen LogP contribution in [-0.2, 0) is 10.0 Å². The molecular formula is C14H15N3O3S. The molecule has 21 heavy (non-hydrogen) atoms. The Morgan fingerprint density at radius 3 is 2.14 bits per heavy atom. The number of benzene rings is 1. The Morgan fingerprint density at radius 1 is 1.05 bits per heavy atom. The van der Waals surface area contributed by atoms with Gasteiger partial charge in [-0.1, -0.05) is 0 Å². The molecule has 0 bridgehead atoms. The lowest BCUT2D eigenvalue weighted by molar-refractivity contribution is 0.101. The quantitative estimate of drug-likeness (QED) is 0.828. The van der Waals surface area contributed by atoms with Gasteiger partial charge in [0.25, 0.3) is 0 Å². The van der Waals surface area contributed by atoms with Crippen LogP contribution < -0.4 is 10.0 Å². The number of anilines is 3. The molecule has 1 heterocycles. The number of carbonyl (C=O) groups is 1. The van der Waals surface area contributed by atoms with Gasteiger partial charge in [-0.25, -0.2) is 13.4 Å². The van der Waals surface area contributed by atoms with Gasteiger partial charge in [-0.05, 0) is 43.3 Å². The Bertz CT molecular complexity index is 738. The molecule has 0 aliphatic heterocycles. The van der Waals surface area contributed by atoms with E-state index in [0.717, 1.165) is 11.9 Å². The van der Waals surface area contributed by atoms with Crippen molar-refractivity contribution in [2.24, 2.45) is 0 Å². The highest BCUT2D eigenvalue weighted by Crippen LogP contribution is 2.17. The molecule has 7 heteroatoms. The number of nitrogens with one attached hydrogen (secondary N) is 2. The molecule has 2 aromatic rings. The lowest BCUT2D eigenvalue weighted by atomic mass is 10.1. The van der Waals surface area contributed by atoms with Crippen molar-refractivity contribution in [3.63, 3.8) is 0 Å². The van der Waals surface area contributed by atoms with Gasteiger partial charge in [0.1, 0.15) is 5.82 Å². The molecule has 0 saturated carbocycles. The predicted molar refractivity (Wildman–Crippen MR) is 82.4 cm³/mol. The standard InChI is InChI=1S/C14H15N3O3S/c1-10(18)11-3-5-12(6-4-11)16-14-8-7-13(9-15-14)17-21(2,19)20/h3-9,17H,1-2H3,(H,15,16). The number of sulfonamides is 1. The Kier molecular flexibility index (Phi) is 4.23. The van der Waals surface area contributed by atoms with E-state index < -0.39 is 10.0 Å². The molecule has 6 nitrogen and oxygen atoms in total. The minimum Gasteiger partial charge on any atom is -0.340 e. The summed E-state index contributed by atoms with van der Waals surface area (Å²) in [5.74, 6) is 0.584. The largest absolute Gasteiger partial charge is 0.340 e. The highest BCUT2D eigenvalue weighted by Gasteiger charge is 2.03. The molecule has 0 radical (unpaired) electrons. The number of rotatable bonds is 5. The number of hydrogen-bond donors (Lipinski definition) is 2. The van der Waals surface area contributed by atoms with Crippen LogP contribution in [0.25, 0.3) is 0 Å². The number of Topliss-reactive ketones (excluding diaryl/α,β-unsaturated/α-hetero) is 1. The van der Waals surface area contributed by atoms with E-state index in [2.05, 4.69) is 15.0 Å². The average Bonchev–Trinajstić information content (AvgIpc) is 2.40. The monoisotopic (exact) mass is 305 g/mol. The van der Waals surface area contributed by atoms with Crippen LogP contribution in [0, 0.1) is 0 Å². The lowest BCUT2D eigenvalue weighted by Crippen LogP contribution is -2.09. The molecule has 1 aromatic carbocycles. The zero-order valence-electron chi connectivity index (χ0n) is 11.6. The van der Waals surface area contributed by atoms with Gasteiger partial charge in [-0.2, -0.15) is 0 Å². The molecule has 0 spiro atoms. The molecule has 0 aliphatic carbocycles. The van der Waals surface area contributed by atoms with Crippen LogP contribution in [-0.4, -0.2) is 25.4 Å². The molecule has 0 fully saturated rings. The van der Waals surface area contributed by atoms with Crippen molar-refractivity contribution in [3.05, 3.63) is 48.2 Å². The first-order chi connectivity index (χ1) is 9.83. The molecule has 1 aromatic heterocycles. The van der Waals surface area contributed by atoms with E-state index in [1.807, 2.05) is 0 Å². The maximum absolute atomic E-state index is 11.2. The van der Waals surface area contributed by atoms with Crippen molar-refractivity contribution < 1.29 is 13.2 Å². The van der Waals surface area contributed by atoms with E-state index in [-0.39, 0.29) is 5.78 Å². The summed E-state index contributed by atoms with van der Waals surface area (Å²) >= 11 is 0. The van der Waals surface area contributed by atoms with E-state index in [0.29, 0.717) is 17.1 Å². The normalized spacial score (nSPS) is 11.0. The number of carbonyl (C=O) groups excluding carboxylic acids is 1. The van der Waals surface area contributed by atoms with Gasteiger partial charge in [0, 0.05) is 11.3 Å². The number of nitrogens with zero attached hydrogens (tertiary/aromatic N) is 1. The van der Waals surface area contributed by atoms with Crippen LogP contribution in [0.3, 0.4) is 0 Å². The molecule has 0 unspecified atom stereocenters. The number of hydrogen-bond acceptors (Lipinski definition) is 5. The minimum atomic E-state index is -3.30. The summed E-state index contributed by atoms with van der Waals surface area (Å²) in [7, 11) is -3.30. The maximum atomic E-state index is 11.2. The van der Waals surface area contributed by atoms with Crippen LogP contribution in [0.2, 0.25) is 0 Å². The van der Waals surface area contributed by atoms with Crippen LogP contribution in [0.4, 0.5) is 17.2 Å². The Hall–Kier alpha value is -2.41. The first-order valence-corrected chi connectivity index (χ1v) is 8.04. The van der Waals surface area contributed by atoms with E-state index in [1.54, 1.807) is 36.4 Å². The van der Waals surface area contributed by atoms with E-state index >= 15 is 0 Å². The van der Waals surface area contributed by atoms with Gasteiger partial charge in [0.2, 0.25) is 10.0 Å².